The molecule has 0 aromatic rings. The Labute approximate surface area is 117 Å². The molecule has 112 valence electrons. The minimum Gasteiger partial charge on any atom is -0.468 e. The maximum Gasteiger partial charge on any atom is 0.325 e. The number of piperidine rings is 1. The monoisotopic (exact) mass is 270 g/mol. The first-order valence-corrected chi connectivity index (χ1v) is 7.49. The molecule has 0 radical (unpaired) electrons. The molecule has 1 fully saturated rings. The fourth-order valence-electron chi connectivity index (χ4n) is 2.93. The molecule has 4 heteroatoms. The summed E-state index contributed by atoms with van der Waals surface area (Å²) in [6, 6.07) is 0. The van der Waals surface area contributed by atoms with Gasteiger partial charge in [0.2, 0.25) is 0 Å². The second kappa shape index (κ2) is 6.71. The number of hydrogen-bond donors (Lipinski definition) is 1. The van der Waals surface area contributed by atoms with Crippen LogP contribution in [0.3, 0.4) is 0 Å². The van der Waals surface area contributed by atoms with Gasteiger partial charge in [0.25, 0.3) is 0 Å². The van der Waals surface area contributed by atoms with Crippen molar-refractivity contribution >= 4 is 5.97 Å². The molecule has 1 atom stereocenters. The van der Waals surface area contributed by atoms with Crippen molar-refractivity contribution < 1.29 is 9.53 Å². The van der Waals surface area contributed by atoms with E-state index in [0.717, 1.165) is 19.6 Å². The Morgan fingerprint density at radius 3 is 2.26 bits per heavy atom. The van der Waals surface area contributed by atoms with E-state index in [1.165, 1.54) is 32.8 Å². The van der Waals surface area contributed by atoms with Crippen molar-refractivity contribution in [1.82, 2.24) is 4.90 Å². The summed E-state index contributed by atoms with van der Waals surface area (Å²) in [6.45, 7) is 9.48. The second-order valence-corrected chi connectivity index (χ2v) is 6.21. The van der Waals surface area contributed by atoms with Gasteiger partial charge in [0.05, 0.1) is 7.11 Å². The van der Waals surface area contributed by atoms with Gasteiger partial charge in [-0.05, 0) is 44.7 Å². The first kappa shape index (κ1) is 16.4. The molecule has 0 amide bonds. The summed E-state index contributed by atoms with van der Waals surface area (Å²) in [5, 5.41) is 0. The van der Waals surface area contributed by atoms with Crippen molar-refractivity contribution in [1.29, 1.82) is 0 Å². The third-order valence-electron chi connectivity index (χ3n) is 5.02. The highest BCUT2D eigenvalue weighted by atomic mass is 16.5. The van der Waals surface area contributed by atoms with Gasteiger partial charge in [0, 0.05) is 6.54 Å². The maximum absolute atomic E-state index is 11.5. The van der Waals surface area contributed by atoms with Gasteiger partial charge in [-0.25, -0.2) is 0 Å². The Kier molecular flexibility index (Phi) is 5.81. The van der Waals surface area contributed by atoms with E-state index in [1.54, 1.807) is 6.92 Å². The van der Waals surface area contributed by atoms with E-state index < -0.39 is 5.54 Å². The lowest BCUT2D eigenvalue weighted by atomic mass is 9.74. The van der Waals surface area contributed by atoms with E-state index in [9.17, 15) is 4.79 Å². The van der Waals surface area contributed by atoms with Gasteiger partial charge in [-0.2, -0.15) is 0 Å². The Hall–Kier alpha value is -0.610. The van der Waals surface area contributed by atoms with Crippen molar-refractivity contribution in [3.63, 3.8) is 0 Å². The number of rotatable bonds is 6. The summed E-state index contributed by atoms with van der Waals surface area (Å²) in [4.78, 5) is 14.0. The molecule has 19 heavy (non-hydrogen) atoms. The van der Waals surface area contributed by atoms with Crippen molar-refractivity contribution in [2.24, 2.45) is 11.1 Å². The van der Waals surface area contributed by atoms with Gasteiger partial charge in [-0.3, -0.25) is 4.79 Å². The molecular weight excluding hydrogens is 240 g/mol. The van der Waals surface area contributed by atoms with Gasteiger partial charge in [-0.15, -0.1) is 0 Å². The zero-order chi connectivity index (χ0) is 14.5. The summed E-state index contributed by atoms with van der Waals surface area (Å²) in [5.41, 5.74) is 5.68. The summed E-state index contributed by atoms with van der Waals surface area (Å²) in [5.74, 6) is -0.319. The maximum atomic E-state index is 11.5. The third-order valence-corrected chi connectivity index (χ3v) is 5.02. The Balaban J connectivity index is 2.40. The number of methoxy groups -OCH3 is 1. The number of likely N-dealkylation sites (tertiary alicyclic amines) is 1. The third kappa shape index (κ3) is 4.18. The van der Waals surface area contributed by atoms with E-state index >= 15 is 0 Å². The van der Waals surface area contributed by atoms with Crippen LogP contribution in [0.15, 0.2) is 0 Å². The van der Waals surface area contributed by atoms with Gasteiger partial charge >= 0.3 is 5.97 Å². The van der Waals surface area contributed by atoms with Crippen LogP contribution in [0.4, 0.5) is 0 Å². The average Bonchev–Trinajstić information content (AvgIpc) is 2.44. The number of nitrogens with two attached hydrogens (primary N) is 1. The molecule has 0 bridgehead atoms. The molecule has 1 rings (SSSR count). The standard InChI is InChI=1S/C15H30N2O2/c1-5-15(6-2)8-11-17(12-9-15)10-7-14(3,16)13(18)19-4/h5-12,16H2,1-4H3. The minimum atomic E-state index is -0.862. The molecule has 2 N–H and O–H groups in total. The highest BCUT2D eigenvalue weighted by Crippen LogP contribution is 2.37. The highest BCUT2D eigenvalue weighted by Gasteiger charge is 2.33. The number of nitrogens with zero attached hydrogens (tertiary/aromatic N) is 1. The quantitative estimate of drug-likeness (QED) is 0.752. The first-order chi connectivity index (χ1) is 8.89. The van der Waals surface area contributed by atoms with Crippen LogP contribution >= 0.6 is 0 Å². The fraction of sp³-hybridized carbons (Fsp3) is 0.933. The van der Waals surface area contributed by atoms with Crippen molar-refractivity contribution in [2.45, 2.75) is 58.4 Å². The van der Waals surface area contributed by atoms with Crippen LogP contribution < -0.4 is 5.73 Å². The van der Waals surface area contributed by atoms with Crippen LogP contribution in [0.2, 0.25) is 0 Å². The van der Waals surface area contributed by atoms with E-state index in [-0.39, 0.29) is 5.97 Å². The van der Waals surface area contributed by atoms with Crippen molar-refractivity contribution in [3.8, 4) is 0 Å². The van der Waals surface area contributed by atoms with Crippen LogP contribution in [-0.4, -0.2) is 43.2 Å². The topological polar surface area (TPSA) is 55.6 Å². The summed E-state index contributed by atoms with van der Waals surface area (Å²) >= 11 is 0. The zero-order valence-electron chi connectivity index (χ0n) is 13.0. The lowest BCUT2D eigenvalue weighted by Crippen LogP contribution is -2.49. The SMILES string of the molecule is CCC1(CC)CCN(CCC(C)(N)C(=O)OC)CC1. The number of carbonyl (C=O) groups excluding carboxylic acids is 1. The predicted molar refractivity (Wildman–Crippen MR) is 77.9 cm³/mol. The van der Waals surface area contributed by atoms with E-state index in [0.29, 0.717) is 11.8 Å². The molecule has 1 aliphatic heterocycles. The number of carbonyl (C=O) groups is 1. The largest absolute Gasteiger partial charge is 0.468 e. The van der Waals surface area contributed by atoms with Crippen LogP contribution in [0.25, 0.3) is 0 Å². The zero-order valence-corrected chi connectivity index (χ0v) is 13.0. The van der Waals surface area contributed by atoms with Crippen LogP contribution in [0.1, 0.15) is 52.9 Å². The Morgan fingerprint density at radius 2 is 1.84 bits per heavy atom. The van der Waals surface area contributed by atoms with Crippen LogP contribution in [0, 0.1) is 5.41 Å². The van der Waals surface area contributed by atoms with Gasteiger partial charge in [-0.1, -0.05) is 26.7 Å². The molecule has 0 aromatic carbocycles. The molecule has 0 spiro atoms. The molecule has 0 aromatic heterocycles. The lowest BCUT2D eigenvalue weighted by Gasteiger charge is -2.41. The van der Waals surface area contributed by atoms with Gasteiger partial charge in [0.15, 0.2) is 0 Å². The summed E-state index contributed by atoms with van der Waals surface area (Å²) in [7, 11) is 1.39. The number of esters is 1. The Bertz CT molecular complexity index is 289. The smallest absolute Gasteiger partial charge is 0.325 e. The van der Waals surface area contributed by atoms with Crippen LogP contribution in [0.5, 0.6) is 0 Å². The van der Waals surface area contributed by atoms with Gasteiger partial charge < -0.3 is 15.4 Å². The minimum absolute atomic E-state index is 0.319. The molecule has 4 nitrogen and oxygen atoms in total. The molecular formula is C15H30N2O2. The molecule has 1 unspecified atom stereocenters. The second-order valence-electron chi connectivity index (χ2n) is 6.21. The molecule has 1 saturated heterocycles. The normalized spacial score (nSPS) is 22.8. The fourth-order valence-corrected chi connectivity index (χ4v) is 2.93. The lowest BCUT2D eigenvalue weighted by molar-refractivity contribution is -0.146. The molecule has 1 heterocycles. The van der Waals surface area contributed by atoms with E-state index in [1.807, 2.05) is 0 Å². The number of ether oxygens (including phenoxy) is 1. The highest BCUT2D eigenvalue weighted by molar-refractivity contribution is 5.79. The van der Waals surface area contributed by atoms with E-state index in [2.05, 4.69) is 18.7 Å². The Morgan fingerprint density at radius 1 is 1.32 bits per heavy atom. The molecule has 0 aliphatic carbocycles. The van der Waals surface area contributed by atoms with Crippen molar-refractivity contribution in [3.05, 3.63) is 0 Å². The summed E-state index contributed by atoms with van der Waals surface area (Å²) < 4.78 is 4.74. The first-order valence-electron chi connectivity index (χ1n) is 7.49. The van der Waals surface area contributed by atoms with Crippen LogP contribution in [-0.2, 0) is 9.53 Å². The van der Waals surface area contributed by atoms with Crippen molar-refractivity contribution in [2.75, 3.05) is 26.7 Å². The number of hydrogen-bond acceptors (Lipinski definition) is 4. The molecule has 0 saturated carbocycles. The molecule has 1 aliphatic rings. The average molecular weight is 270 g/mol. The summed E-state index contributed by atoms with van der Waals surface area (Å²) in [6.07, 6.45) is 5.73. The van der Waals surface area contributed by atoms with E-state index in [4.69, 9.17) is 10.5 Å². The van der Waals surface area contributed by atoms with Gasteiger partial charge in [0.1, 0.15) is 5.54 Å². The predicted octanol–water partition coefficient (Wildman–Crippen LogP) is 2.17.